The molecule has 0 heterocycles. The van der Waals surface area contributed by atoms with Gasteiger partial charge in [0, 0.05) is 12.5 Å². The third kappa shape index (κ3) is 5.51. The van der Waals surface area contributed by atoms with Crippen molar-refractivity contribution < 1.29 is 14.7 Å². The Morgan fingerprint density at radius 1 is 1.25 bits per heavy atom. The summed E-state index contributed by atoms with van der Waals surface area (Å²) in [7, 11) is 0. The Morgan fingerprint density at radius 2 is 1.85 bits per heavy atom. The predicted octanol–water partition coefficient (Wildman–Crippen LogP) is 3.07. The average Bonchev–Trinajstić information content (AvgIpc) is 2.34. The van der Waals surface area contributed by atoms with Crippen molar-refractivity contribution in [2.45, 2.75) is 59.8 Å². The molecule has 0 bridgehead atoms. The van der Waals surface area contributed by atoms with E-state index in [-0.39, 0.29) is 23.2 Å². The molecule has 1 amide bonds. The van der Waals surface area contributed by atoms with Crippen LogP contribution in [0.25, 0.3) is 0 Å². The molecule has 0 aromatic heterocycles. The summed E-state index contributed by atoms with van der Waals surface area (Å²) in [6, 6.07) is 0. The molecule has 20 heavy (non-hydrogen) atoms. The summed E-state index contributed by atoms with van der Waals surface area (Å²) in [6.45, 7) is 9.35. The van der Waals surface area contributed by atoms with E-state index < -0.39 is 5.97 Å². The summed E-state index contributed by atoms with van der Waals surface area (Å²) in [4.78, 5) is 23.2. The topological polar surface area (TPSA) is 66.4 Å². The molecule has 4 nitrogen and oxygen atoms in total. The Kier molecular flexibility index (Phi) is 6.03. The van der Waals surface area contributed by atoms with Gasteiger partial charge in [-0.3, -0.25) is 9.59 Å². The number of carbonyl (C=O) groups excluding carboxylic acids is 1. The van der Waals surface area contributed by atoms with Gasteiger partial charge in [0.1, 0.15) is 0 Å². The van der Waals surface area contributed by atoms with Crippen LogP contribution in [-0.2, 0) is 9.59 Å². The Hall–Kier alpha value is -1.06. The first-order valence-electron chi connectivity index (χ1n) is 7.72. The summed E-state index contributed by atoms with van der Waals surface area (Å²) >= 11 is 0. The van der Waals surface area contributed by atoms with Crippen LogP contribution in [0.5, 0.6) is 0 Å². The Labute approximate surface area is 122 Å². The molecule has 0 radical (unpaired) electrons. The molecule has 2 unspecified atom stereocenters. The standard InChI is InChI=1S/C16H29NO3/c1-11(2)9-16(3,4)10-17-14(18)12-6-5-7-13(8-12)15(19)20/h11-13H,5-10H2,1-4H3,(H,17,18)(H,19,20). The van der Waals surface area contributed by atoms with Gasteiger partial charge in [-0.25, -0.2) is 0 Å². The van der Waals surface area contributed by atoms with Crippen LogP contribution in [0.3, 0.4) is 0 Å². The second-order valence-electron chi connectivity index (χ2n) is 7.38. The van der Waals surface area contributed by atoms with E-state index in [2.05, 4.69) is 33.0 Å². The molecule has 4 heteroatoms. The molecular formula is C16H29NO3. The highest BCUT2D eigenvalue weighted by atomic mass is 16.4. The Bertz CT molecular complexity index is 350. The highest BCUT2D eigenvalue weighted by Crippen LogP contribution is 2.30. The number of carbonyl (C=O) groups is 2. The van der Waals surface area contributed by atoms with Crippen molar-refractivity contribution in [3.63, 3.8) is 0 Å². The van der Waals surface area contributed by atoms with Crippen LogP contribution in [0.4, 0.5) is 0 Å². The lowest BCUT2D eigenvalue weighted by molar-refractivity contribution is -0.144. The quantitative estimate of drug-likeness (QED) is 0.787. The van der Waals surface area contributed by atoms with Crippen molar-refractivity contribution in [2.24, 2.45) is 23.2 Å². The Morgan fingerprint density at radius 3 is 2.40 bits per heavy atom. The summed E-state index contributed by atoms with van der Waals surface area (Å²) < 4.78 is 0. The maximum atomic E-state index is 12.2. The molecule has 0 spiro atoms. The molecule has 0 saturated heterocycles. The zero-order valence-corrected chi connectivity index (χ0v) is 13.2. The first-order valence-corrected chi connectivity index (χ1v) is 7.72. The highest BCUT2D eigenvalue weighted by molar-refractivity contribution is 5.80. The average molecular weight is 283 g/mol. The molecule has 2 atom stereocenters. The van der Waals surface area contributed by atoms with E-state index in [1.807, 2.05) is 0 Å². The molecule has 1 aliphatic carbocycles. The Balaban J connectivity index is 2.44. The number of aliphatic carboxylic acids is 1. The van der Waals surface area contributed by atoms with Crippen molar-refractivity contribution in [3.05, 3.63) is 0 Å². The minimum Gasteiger partial charge on any atom is -0.481 e. The zero-order valence-electron chi connectivity index (χ0n) is 13.2. The van der Waals surface area contributed by atoms with Gasteiger partial charge in [0.15, 0.2) is 0 Å². The smallest absolute Gasteiger partial charge is 0.306 e. The van der Waals surface area contributed by atoms with Gasteiger partial charge in [0.25, 0.3) is 0 Å². The molecule has 1 rings (SSSR count). The SMILES string of the molecule is CC(C)CC(C)(C)CNC(=O)C1CCCC(C(=O)O)C1. The van der Waals surface area contributed by atoms with E-state index in [0.29, 0.717) is 25.3 Å². The minimum atomic E-state index is -0.761. The summed E-state index contributed by atoms with van der Waals surface area (Å²) in [5.41, 5.74) is 0.0880. The normalized spacial score (nSPS) is 23.6. The van der Waals surface area contributed by atoms with Gasteiger partial charge in [-0.1, -0.05) is 34.1 Å². The van der Waals surface area contributed by atoms with Crippen molar-refractivity contribution in [3.8, 4) is 0 Å². The molecule has 2 N–H and O–H groups in total. The monoisotopic (exact) mass is 283 g/mol. The zero-order chi connectivity index (χ0) is 15.3. The molecule has 1 fully saturated rings. The van der Waals surface area contributed by atoms with E-state index in [4.69, 9.17) is 5.11 Å². The minimum absolute atomic E-state index is 0.0350. The number of amides is 1. The van der Waals surface area contributed by atoms with E-state index in [1.165, 1.54) is 0 Å². The van der Waals surface area contributed by atoms with Gasteiger partial charge in [-0.05, 0) is 37.0 Å². The number of hydrogen-bond donors (Lipinski definition) is 2. The third-order valence-electron chi connectivity index (χ3n) is 4.10. The molecule has 0 aromatic rings. The highest BCUT2D eigenvalue weighted by Gasteiger charge is 2.31. The fourth-order valence-corrected chi connectivity index (χ4v) is 3.30. The number of hydrogen-bond acceptors (Lipinski definition) is 2. The number of rotatable bonds is 6. The summed E-state index contributed by atoms with van der Waals surface area (Å²) in [5.74, 6) is -0.591. The second-order valence-corrected chi connectivity index (χ2v) is 7.38. The van der Waals surface area contributed by atoms with Crippen LogP contribution in [0.2, 0.25) is 0 Å². The molecule has 1 saturated carbocycles. The lowest BCUT2D eigenvalue weighted by Crippen LogP contribution is -2.40. The van der Waals surface area contributed by atoms with Crippen LogP contribution >= 0.6 is 0 Å². The van der Waals surface area contributed by atoms with Crippen molar-refractivity contribution >= 4 is 11.9 Å². The van der Waals surface area contributed by atoms with E-state index in [0.717, 1.165) is 19.3 Å². The molecule has 1 aliphatic rings. The molecule has 0 aliphatic heterocycles. The van der Waals surface area contributed by atoms with Crippen LogP contribution in [0.15, 0.2) is 0 Å². The van der Waals surface area contributed by atoms with E-state index >= 15 is 0 Å². The molecule has 116 valence electrons. The van der Waals surface area contributed by atoms with Crippen LogP contribution < -0.4 is 5.32 Å². The maximum absolute atomic E-state index is 12.2. The molecule has 0 aromatic carbocycles. The summed E-state index contributed by atoms with van der Waals surface area (Å²) in [5, 5.41) is 12.1. The number of carboxylic acid groups (broad SMARTS) is 1. The van der Waals surface area contributed by atoms with Gasteiger partial charge in [-0.15, -0.1) is 0 Å². The van der Waals surface area contributed by atoms with E-state index in [1.54, 1.807) is 0 Å². The lowest BCUT2D eigenvalue weighted by Gasteiger charge is -2.30. The van der Waals surface area contributed by atoms with Crippen LogP contribution in [0, 0.1) is 23.2 Å². The maximum Gasteiger partial charge on any atom is 0.306 e. The first kappa shape index (κ1) is 17.0. The van der Waals surface area contributed by atoms with Crippen LogP contribution in [0.1, 0.15) is 59.8 Å². The fraction of sp³-hybridized carbons (Fsp3) is 0.875. The van der Waals surface area contributed by atoms with Crippen molar-refractivity contribution in [1.29, 1.82) is 0 Å². The van der Waals surface area contributed by atoms with Gasteiger partial charge >= 0.3 is 5.97 Å². The molecular weight excluding hydrogens is 254 g/mol. The largest absolute Gasteiger partial charge is 0.481 e. The van der Waals surface area contributed by atoms with Gasteiger partial charge in [0.2, 0.25) is 5.91 Å². The fourth-order valence-electron chi connectivity index (χ4n) is 3.30. The summed E-state index contributed by atoms with van der Waals surface area (Å²) in [6.07, 6.45) is 3.92. The number of nitrogens with one attached hydrogen (secondary N) is 1. The van der Waals surface area contributed by atoms with Gasteiger partial charge < -0.3 is 10.4 Å². The van der Waals surface area contributed by atoms with E-state index in [9.17, 15) is 9.59 Å². The lowest BCUT2D eigenvalue weighted by atomic mass is 9.80. The van der Waals surface area contributed by atoms with Crippen LogP contribution in [-0.4, -0.2) is 23.5 Å². The first-order chi connectivity index (χ1) is 9.21. The number of carboxylic acids is 1. The van der Waals surface area contributed by atoms with Crippen molar-refractivity contribution in [2.75, 3.05) is 6.54 Å². The predicted molar refractivity (Wildman–Crippen MR) is 79.3 cm³/mol. The van der Waals surface area contributed by atoms with Gasteiger partial charge in [0.05, 0.1) is 5.92 Å². The second kappa shape index (κ2) is 7.09. The van der Waals surface area contributed by atoms with Crippen molar-refractivity contribution in [1.82, 2.24) is 5.32 Å². The third-order valence-corrected chi connectivity index (χ3v) is 4.10. The van der Waals surface area contributed by atoms with Gasteiger partial charge in [-0.2, -0.15) is 0 Å².